The number of nitrogens with zero attached hydrogens (tertiary/aromatic N) is 2. The van der Waals surface area contributed by atoms with Gasteiger partial charge in [-0.2, -0.15) is 0 Å². The lowest BCUT2D eigenvalue weighted by Crippen LogP contribution is -2.40. The third-order valence-corrected chi connectivity index (χ3v) is 13.2. The van der Waals surface area contributed by atoms with Gasteiger partial charge in [-0.05, 0) is 103 Å². The summed E-state index contributed by atoms with van der Waals surface area (Å²) in [6.45, 7) is 13.2. The standard InChI is InChI=1S/C24H28FN3O4S.C16H19FN2O2S.C8H9NO3.CH4/c1-15-23(30)19(17(14-29)12-26-15)13-27-21-10-9-16(11-20(21)25)18-7-5-6-8-22(18)33(31,32)28-24(2,3)4;1-16(2,3)19-22(20,21)15-7-5-4-6-12(15)11-8-9-14(18)13(17)10-11;1-5-8(12)7(4-11)6(3-10)2-9-5;/h5-12,27-30H,13-14H2,1-4H3;4-10,19H,18H2,1-3H3;2,4,10,12H,3H2,1H3;1H4. The van der Waals surface area contributed by atoms with Gasteiger partial charge in [-0.15, -0.1) is 0 Å². The lowest BCUT2D eigenvalue weighted by molar-refractivity contribution is 0.111. The molecule has 15 nitrogen and oxygen atoms in total. The second kappa shape index (κ2) is 23.1. The first-order valence-corrected chi connectivity index (χ1v) is 23.6. The summed E-state index contributed by atoms with van der Waals surface area (Å²) in [5.41, 5.74) is 8.17. The first-order chi connectivity index (χ1) is 31.2. The largest absolute Gasteiger partial charge is 0.506 e. The molecule has 0 saturated heterocycles. The van der Waals surface area contributed by atoms with E-state index in [2.05, 4.69) is 24.7 Å². The summed E-state index contributed by atoms with van der Waals surface area (Å²) in [6, 6.07) is 21.6. The number of pyridine rings is 2. The molecule has 0 amide bonds. The van der Waals surface area contributed by atoms with Crippen LogP contribution >= 0.6 is 0 Å². The molecule has 2 aromatic heterocycles. The Hall–Kier alpha value is -6.35. The molecule has 366 valence electrons. The van der Waals surface area contributed by atoms with E-state index in [1.54, 1.807) is 104 Å². The van der Waals surface area contributed by atoms with Crippen LogP contribution in [0.1, 0.15) is 87.4 Å². The minimum Gasteiger partial charge on any atom is -0.506 e. The maximum Gasteiger partial charge on any atom is 0.241 e. The van der Waals surface area contributed by atoms with E-state index in [4.69, 9.17) is 10.8 Å². The fourth-order valence-corrected chi connectivity index (χ4v) is 9.73. The molecule has 6 rings (SSSR count). The van der Waals surface area contributed by atoms with Crippen molar-refractivity contribution in [1.29, 1.82) is 0 Å². The summed E-state index contributed by atoms with van der Waals surface area (Å²) in [5.74, 6) is -1.37. The lowest BCUT2D eigenvalue weighted by atomic mass is 10.0. The zero-order valence-corrected chi connectivity index (χ0v) is 39.9. The topological polar surface area (TPSA) is 254 Å². The van der Waals surface area contributed by atoms with Crippen LogP contribution in [0.3, 0.4) is 0 Å². The molecule has 0 saturated carbocycles. The van der Waals surface area contributed by atoms with E-state index in [0.717, 1.165) is 0 Å². The number of nitrogen functional groups attached to an aromatic ring is 1. The van der Waals surface area contributed by atoms with Crippen LogP contribution in [0.15, 0.2) is 107 Å². The second-order valence-corrected chi connectivity index (χ2v) is 20.6. The van der Waals surface area contributed by atoms with Gasteiger partial charge < -0.3 is 31.5 Å². The number of anilines is 2. The Morgan fingerprint density at radius 3 is 1.54 bits per heavy atom. The van der Waals surface area contributed by atoms with Gasteiger partial charge in [0.1, 0.15) is 23.1 Å². The van der Waals surface area contributed by atoms with E-state index in [1.807, 2.05) is 0 Å². The van der Waals surface area contributed by atoms with E-state index < -0.39 is 42.8 Å². The van der Waals surface area contributed by atoms with Crippen molar-refractivity contribution in [2.24, 2.45) is 0 Å². The highest BCUT2D eigenvalue weighted by Crippen LogP contribution is 2.33. The molecule has 0 aliphatic heterocycles. The molecule has 0 aliphatic rings. The number of aldehydes is 1. The molecular formula is C49H60F2N6O9S2. The zero-order chi connectivity index (χ0) is 50.1. The Bertz CT molecular complexity index is 2960. The highest BCUT2D eigenvalue weighted by Gasteiger charge is 2.26. The highest BCUT2D eigenvalue weighted by molar-refractivity contribution is 7.90. The molecule has 6 aromatic rings. The molecule has 4 aromatic carbocycles. The van der Waals surface area contributed by atoms with Gasteiger partial charge in [-0.25, -0.2) is 35.1 Å². The van der Waals surface area contributed by atoms with Crippen LogP contribution in [-0.4, -0.2) is 64.6 Å². The van der Waals surface area contributed by atoms with Crippen molar-refractivity contribution >= 4 is 37.7 Å². The number of hydrogen-bond donors (Lipinski definition) is 8. The Morgan fingerprint density at radius 1 is 0.662 bits per heavy atom. The van der Waals surface area contributed by atoms with Crippen LogP contribution < -0.4 is 20.5 Å². The Balaban J connectivity index is 0.000000300. The summed E-state index contributed by atoms with van der Waals surface area (Å²) < 4.78 is 84.8. The van der Waals surface area contributed by atoms with Crippen molar-refractivity contribution in [3.8, 4) is 33.8 Å². The number of hydrogen-bond acceptors (Lipinski definition) is 13. The summed E-state index contributed by atoms with van der Waals surface area (Å²) in [4.78, 5) is 18.4. The normalized spacial score (nSPS) is 11.6. The average molecular weight is 979 g/mol. The van der Waals surface area contributed by atoms with Gasteiger partial charge in [0.2, 0.25) is 20.0 Å². The predicted octanol–water partition coefficient (Wildman–Crippen LogP) is 8.27. The molecule has 0 radical (unpaired) electrons. The van der Waals surface area contributed by atoms with E-state index in [0.29, 0.717) is 56.6 Å². The fourth-order valence-electron chi connectivity index (χ4n) is 6.43. The summed E-state index contributed by atoms with van der Waals surface area (Å²) >= 11 is 0. The number of carbonyl (C=O) groups excluding carboxylic acids is 1. The number of halogens is 2. The van der Waals surface area contributed by atoms with Crippen molar-refractivity contribution in [1.82, 2.24) is 19.4 Å². The van der Waals surface area contributed by atoms with Crippen molar-refractivity contribution in [3.05, 3.63) is 143 Å². The minimum absolute atomic E-state index is 0. The number of aromatic hydroxyl groups is 2. The number of benzene rings is 4. The number of aliphatic hydroxyl groups excluding tert-OH is 2. The van der Waals surface area contributed by atoms with Crippen LogP contribution in [0.4, 0.5) is 20.2 Å². The van der Waals surface area contributed by atoms with Crippen molar-refractivity contribution < 1.29 is 50.8 Å². The number of aliphatic hydroxyl groups is 2. The maximum absolute atomic E-state index is 14.9. The average Bonchev–Trinajstić information content (AvgIpc) is 3.25. The monoisotopic (exact) mass is 978 g/mol. The number of rotatable bonds is 12. The summed E-state index contributed by atoms with van der Waals surface area (Å²) in [6.07, 6.45) is 3.35. The second-order valence-electron chi connectivity index (χ2n) is 17.2. The summed E-state index contributed by atoms with van der Waals surface area (Å²) in [5, 5.41) is 40.8. The molecule has 0 fully saturated rings. The van der Waals surface area contributed by atoms with Crippen LogP contribution in [0.5, 0.6) is 11.5 Å². The molecule has 0 bridgehead atoms. The van der Waals surface area contributed by atoms with Crippen LogP contribution in [0.25, 0.3) is 22.3 Å². The molecule has 0 atom stereocenters. The number of aryl methyl sites for hydroxylation is 2. The quantitative estimate of drug-likeness (QED) is 0.0425. The summed E-state index contributed by atoms with van der Waals surface area (Å²) in [7, 11) is -7.55. The van der Waals surface area contributed by atoms with Gasteiger partial charge in [0.25, 0.3) is 0 Å². The molecule has 9 N–H and O–H groups in total. The minimum atomic E-state index is -3.83. The van der Waals surface area contributed by atoms with E-state index in [-0.39, 0.29) is 65.4 Å². The number of nitrogens with one attached hydrogen (secondary N) is 3. The first-order valence-electron chi connectivity index (χ1n) is 20.6. The number of carbonyl (C=O) groups is 1. The Morgan fingerprint density at radius 2 is 1.10 bits per heavy atom. The predicted molar refractivity (Wildman–Crippen MR) is 261 cm³/mol. The van der Waals surface area contributed by atoms with E-state index in [9.17, 15) is 45.7 Å². The molecule has 0 spiro atoms. The van der Waals surface area contributed by atoms with Gasteiger partial charge in [0.15, 0.2) is 6.29 Å². The zero-order valence-electron chi connectivity index (χ0n) is 38.3. The van der Waals surface area contributed by atoms with E-state index in [1.165, 1.54) is 48.8 Å². The first kappa shape index (κ1) is 56.0. The number of nitrogens with two attached hydrogens (primary N) is 1. The highest BCUT2D eigenvalue weighted by atomic mass is 32.2. The number of sulfonamides is 2. The van der Waals surface area contributed by atoms with Gasteiger partial charge in [-0.1, -0.05) is 56.0 Å². The maximum atomic E-state index is 14.9. The van der Waals surface area contributed by atoms with Crippen molar-refractivity contribution in [3.63, 3.8) is 0 Å². The molecule has 2 heterocycles. The molecule has 68 heavy (non-hydrogen) atoms. The Labute approximate surface area is 397 Å². The molecule has 19 heteroatoms. The van der Waals surface area contributed by atoms with Crippen molar-refractivity contribution in [2.75, 3.05) is 11.1 Å². The van der Waals surface area contributed by atoms with Gasteiger partial charge >= 0.3 is 0 Å². The third-order valence-electron chi connectivity index (χ3n) is 9.53. The van der Waals surface area contributed by atoms with Crippen LogP contribution in [-0.2, 0) is 39.8 Å². The van der Waals surface area contributed by atoms with Gasteiger partial charge in [0.05, 0.1) is 51.3 Å². The molecule has 0 unspecified atom stereocenters. The van der Waals surface area contributed by atoms with Crippen LogP contribution in [0.2, 0.25) is 0 Å². The lowest BCUT2D eigenvalue weighted by Gasteiger charge is -2.21. The van der Waals surface area contributed by atoms with Gasteiger partial charge in [-0.3, -0.25) is 14.8 Å². The smallest absolute Gasteiger partial charge is 0.241 e. The van der Waals surface area contributed by atoms with E-state index >= 15 is 0 Å². The Kier molecular flexibility index (Phi) is 19.0. The SMILES string of the molecule is C.CC(C)(C)NS(=O)(=O)c1ccccc1-c1ccc(N)c(F)c1.Cc1ncc(CO)c(C=O)c1O.Cc1ncc(CO)c(CNc2ccc(-c3ccccc3S(=O)(=O)NC(C)(C)C)cc2F)c1O. The van der Waals surface area contributed by atoms with Crippen LogP contribution in [0, 0.1) is 25.5 Å². The third kappa shape index (κ3) is 14.6. The van der Waals surface area contributed by atoms with Crippen molar-refractivity contribution in [2.45, 2.75) is 103 Å². The van der Waals surface area contributed by atoms with Gasteiger partial charge in [0, 0.05) is 57.8 Å². The fraction of sp³-hybridized carbons (Fsp3) is 0.286. The number of aromatic nitrogens is 2. The molecular weight excluding hydrogens is 919 g/mol. The molecule has 0 aliphatic carbocycles.